The second-order valence-electron chi connectivity index (χ2n) is 6.90. The highest BCUT2D eigenvalue weighted by molar-refractivity contribution is 6.38. The van der Waals surface area contributed by atoms with E-state index in [2.05, 4.69) is 15.2 Å². The largest absolute Gasteiger partial charge is 0.364 e. The maximum atomic E-state index is 12.8. The molecule has 2 bridgehead atoms. The first-order valence-corrected chi connectivity index (χ1v) is 9.54. The van der Waals surface area contributed by atoms with Crippen LogP contribution in [0.3, 0.4) is 0 Å². The van der Waals surface area contributed by atoms with Gasteiger partial charge in [-0.3, -0.25) is 4.98 Å². The summed E-state index contributed by atoms with van der Waals surface area (Å²) >= 11 is 12.8. The van der Waals surface area contributed by atoms with Crippen molar-refractivity contribution in [1.82, 2.24) is 9.88 Å². The number of pyridine rings is 1. The van der Waals surface area contributed by atoms with Crippen molar-refractivity contribution in [1.29, 1.82) is 0 Å². The number of halogens is 2. The molecule has 136 valence electrons. The normalized spacial score (nSPS) is 22.2. The number of nitrogens with one attached hydrogen (secondary N) is 1. The Morgan fingerprint density at radius 2 is 1.77 bits per heavy atom. The minimum absolute atomic E-state index is 0.0538. The number of anilines is 2. The van der Waals surface area contributed by atoms with Gasteiger partial charge in [0, 0.05) is 43.8 Å². The molecule has 0 radical (unpaired) electrons. The van der Waals surface area contributed by atoms with Gasteiger partial charge in [0.25, 0.3) is 0 Å². The fourth-order valence-corrected chi connectivity index (χ4v) is 4.51. The highest BCUT2D eigenvalue weighted by atomic mass is 35.5. The van der Waals surface area contributed by atoms with Crippen molar-refractivity contribution < 1.29 is 4.79 Å². The van der Waals surface area contributed by atoms with Gasteiger partial charge in [-0.2, -0.15) is 0 Å². The first kappa shape index (κ1) is 17.4. The number of aromatic nitrogens is 1. The second-order valence-corrected chi connectivity index (χ2v) is 7.72. The molecule has 0 saturated carbocycles. The predicted molar refractivity (Wildman–Crippen MR) is 105 cm³/mol. The van der Waals surface area contributed by atoms with Gasteiger partial charge in [0.15, 0.2) is 0 Å². The molecule has 1 N–H and O–H groups in total. The number of hydrogen-bond acceptors (Lipinski definition) is 3. The van der Waals surface area contributed by atoms with Crippen LogP contribution < -0.4 is 10.2 Å². The van der Waals surface area contributed by atoms with E-state index in [9.17, 15) is 4.79 Å². The van der Waals surface area contributed by atoms with E-state index in [1.54, 1.807) is 12.4 Å². The Hall–Kier alpha value is -1.98. The summed E-state index contributed by atoms with van der Waals surface area (Å²) in [7, 11) is 0. The van der Waals surface area contributed by atoms with Gasteiger partial charge in [0.05, 0.1) is 15.7 Å². The van der Waals surface area contributed by atoms with Crippen LogP contribution in [0.4, 0.5) is 16.2 Å². The number of rotatable bonds is 2. The van der Waals surface area contributed by atoms with Gasteiger partial charge in [0.2, 0.25) is 0 Å². The molecule has 1 aromatic carbocycles. The zero-order valence-electron chi connectivity index (χ0n) is 14.2. The van der Waals surface area contributed by atoms with E-state index < -0.39 is 0 Å². The molecule has 2 atom stereocenters. The molecule has 1 aromatic heterocycles. The van der Waals surface area contributed by atoms with Crippen LogP contribution in [0.15, 0.2) is 42.7 Å². The lowest BCUT2D eigenvalue weighted by molar-refractivity contribution is 0.209. The third-order valence-corrected chi connectivity index (χ3v) is 5.69. The van der Waals surface area contributed by atoms with Crippen LogP contribution in [0.25, 0.3) is 0 Å². The van der Waals surface area contributed by atoms with E-state index in [0.717, 1.165) is 37.3 Å². The van der Waals surface area contributed by atoms with Crippen LogP contribution in [-0.2, 0) is 0 Å². The number of amides is 2. The molecule has 4 heterocycles. The first-order chi connectivity index (χ1) is 12.6. The molecule has 26 heavy (non-hydrogen) atoms. The monoisotopic (exact) mass is 390 g/mol. The fourth-order valence-electron chi connectivity index (χ4n) is 3.92. The lowest BCUT2D eigenvalue weighted by Gasteiger charge is -2.38. The van der Waals surface area contributed by atoms with Crippen molar-refractivity contribution in [3.63, 3.8) is 0 Å². The number of urea groups is 1. The smallest absolute Gasteiger partial charge is 0.321 e. The predicted octanol–water partition coefficient (Wildman–Crippen LogP) is 4.52. The van der Waals surface area contributed by atoms with Gasteiger partial charge in [-0.1, -0.05) is 41.4 Å². The molecule has 2 amide bonds. The number of carbonyl (C=O) groups excluding carboxylic acids is 1. The van der Waals surface area contributed by atoms with Crippen molar-refractivity contribution in [3.8, 4) is 0 Å². The van der Waals surface area contributed by atoms with Crippen LogP contribution in [-0.4, -0.2) is 41.6 Å². The standard InChI is InChI=1S/C19H20Cl2N4O/c20-16-8-22-9-17(21)18(16)25-11-13-6-7-15(25)12-24(10-13)19(26)23-14-4-2-1-3-5-14/h1-5,8-9,13,15H,6-7,10-12H2,(H,23,26). The lowest BCUT2D eigenvalue weighted by Crippen LogP contribution is -2.45. The molecule has 3 aliphatic heterocycles. The summed E-state index contributed by atoms with van der Waals surface area (Å²) < 4.78 is 0. The summed E-state index contributed by atoms with van der Waals surface area (Å²) in [6, 6.07) is 9.70. The van der Waals surface area contributed by atoms with E-state index in [-0.39, 0.29) is 12.1 Å². The summed E-state index contributed by atoms with van der Waals surface area (Å²) in [5.74, 6) is 0.399. The number of nitrogens with zero attached hydrogens (tertiary/aromatic N) is 3. The Bertz CT molecular complexity index is 781. The first-order valence-electron chi connectivity index (χ1n) is 8.78. The highest BCUT2D eigenvalue weighted by Crippen LogP contribution is 2.39. The molecule has 5 rings (SSSR count). The van der Waals surface area contributed by atoms with E-state index in [1.165, 1.54) is 0 Å². The number of benzene rings is 1. The molecular weight excluding hydrogens is 371 g/mol. The molecule has 2 aromatic rings. The molecule has 3 saturated heterocycles. The van der Waals surface area contributed by atoms with Crippen molar-refractivity contribution in [2.45, 2.75) is 18.9 Å². The maximum Gasteiger partial charge on any atom is 0.321 e. The Morgan fingerprint density at radius 1 is 1.04 bits per heavy atom. The molecule has 7 heteroatoms. The van der Waals surface area contributed by atoms with Gasteiger partial charge >= 0.3 is 6.03 Å². The van der Waals surface area contributed by atoms with Crippen molar-refractivity contribution in [2.75, 3.05) is 29.9 Å². The second kappa shape index (κ2) is 7.33. The molecule has 5 nitrogen and oxygen atoms in total. The van der Waals surface area contributed by atoms with Crippen molar-refractivity contribution in [3.05, 3.63) is 52.8 Å². The summed E-state index contributed by atoms with van der Waals surface area (Å²) in [5.41, 5.74) is 1.65. The molecule has 0 spiro atoms. The Labute approximate surface area is 162 Å². The van der Waals surface area contributed by atoms with Gasteiger partial charge in [0.1, 0.15) is 0 Å². The van der Waals surface area contributed by atoms with Crippen LogP contribution in [0.1, 0.15) is 12.8 Å². The summed E-state index contributed by atoms with van der Waals surface area (Å²) in [4.78, 5) is 21.0. The minimum atomic E-state index is -0.0538. The maximum absolute atomic E-state index is 12.8. The van der Waals surface area contributed by atoms with Crippen LogP contribution in [0.2, 0.25) is 10.0 Å². The third kappa shape index (κ3) is 3.46. The summed E-state index contributed by atoms with van der Waals surface area (Å²) in [6.45, 7) is 2.25. The van der Waals surface area contributed by atoms with E-state index >= 15 is 0 Å². The summed E-state index contributed by atoms with van der Waals surface area (Å²) in [5, 5.41) is 4.11. The van der Waals surface area contributed by atoms with E-state index in [4.69, 9.17) is 23.2 Å². The molecule has 3 aliphatic rings. The zero-order valence-corrected chi connectivity index (χ0v) is 15.7. The molecular formula is C19H20Cl2N4O. The summed E-state index contributed by atoms with van der Waals surface area (Å²) in [6.07, 6.45) is 5.38. The third-order valence-electron chi connectivity index (χ3n) is 5.14. The quantitative estimate of drug-likeness (QED) is 0.819. The zero-order chi connectivity index (χ0) is 18.1. The van der Waals surface area contributed by atoms with Crippen LogP contribution >= 0.6 is 23.2 Å². The number of carbonyl (C=O) groups is 1. The molecule has 0 aliphatic carbocycles. The van der Waals surface area contributed by atoms with Crippen molar-refractivity contribution >= 4 is 40.6 Å². The average molecular weight is 391 g/mol. The molecule has 2 unspecified atom stereocenters. The Balaban J connectivity index is 1.54. The van der Waals surface area contributed by atoms with Crippen molar-refractivity contribution in [2.24, 2.45) is 5.92 Å². The lowest BCUT2D eigenvalue weighted by atomic mass is 9.94. The van der Waals surface area contributed by atoms with Gasteiger partial charge in [-0.15, -0.1) is 0 Å². The Morgan fingerprint density at radius 3 is 2.50 bits per heavy atom. The fraction of sp³-hybridized carbons (Fsp3) is 0.368. The number of para-hydroxylation sites is 1. The number of fused-ring (bicyclic) bond motifs is 4. The van der Waals surface area contributed by atoms with Crippen LogP contribution in [0, 0.1) is 5.92 Å². The Kier molecular flexibility index (Phi) is 4.92. The van der Waals surface area contributed by atoms with Gasteiger partial charge in [-0.05, 0) is 30.9 Å². The number of hydrogen-bond donors (Lipinski definition) is 1. The number of piperidine rings is 1. The molecule has 3 fully saturated rings. The van der Waals surface area contributed by atoms with E-state index in [0.29, 0.717) is 22.5 Å². The topological polar surface area (TPSA) is 48.5 Å². The average Bonchev–Trinajstić information content (AvgIpc) is 2.95. The highest BCUT2D eigenvalue weighted by Gasteiger charge is 2.38. The van der Waals surface area contributed by atoms with Gasteiger partial charge in [-0.25, -0.2) is 4.79 Å². The van der Waals surface area contributed by atoms with Crippen LogP contribution in [0.5, 0.6) is 0 Å². The minimum Gasteiger partial charge on any atom is -0.364 e. The van der Waals surface area contributed by atoms with Gasteiger partial charge < -0.3 is 15.1 Å². The SMILES string of the molecule is O=C(Nc1ccccc1)N1CC2CCC(C1)N(c1c(Cl)cncc1Cl)C2. The van der Waals surface area contributed by atoms with E-state index in [1.807, 2.05) is 35.2 Å².